The van der Waals surface area contributed by atoms with Crippen LogP contribution in [-0.2, 0) is 9.47 Å². The van der Waals surface area contributed by atoms with Gasteiger partial charge in [-0.25, -0.2) is 0 Å². The fraction of sp³-hybridized carbons (Fsp3) is 1.00. The molecule has 1 atom stereocenters. The van der Waals surface area contributed by atoms with Crippen molar-refractivity contribution in [2.75, 3.05) is 17.6 Å². The van der Waals surface area contributed by atoms with Crippen LogP contribution in [0.4, 0.5) is 0 Å². The maximum absolute atomic E-state index is 5.30. The summed E-state index contributed by atoms with van der Waals surface area (Å²) >= 11 is 2.33. The predicted octanol–water partition coefficient (Wildman–Crippen LogP) is 2.21. The van der Waals surface area contributed by atoms with E-state index in [1.54, 1.807) is 0 Å². The van der Waals surface area contributed by atoms with Crippen LogP contribution >= 0.6 is 22.6 Å². The SMILES string of the molecule is CCOC(C)OCCCI. The Labute approximate surface area is 76.4 Å². The number of ether oxygens (including phenoxy) is 2. The summed E-state index contributed by atoms with van der Waals surface area (Å²) in [6.45, 7) is 5.43. The van der Waals surface area contributed by atoms with Crippen LogP contribution < -0.4 is 0 Å². The lowest BCUT2D eigenvalue weighted by atomic mass is 10.5. The molecule has 0 amide bonds. The minimum absolute atomic E-state index is 0.0343. The summed E-state index contributed by atoms with van der Waals surface area (Å²) in [6, 6.07) is 0. The molecule has 2 nitrogen and oxygen atoms in total. The second-order valence-corrected chi connectivity index (χ2v) is 3.02. The van der Waals surface area contributed by atoms with Crippen LogP contribution in [0.2, 0.25) is 0 Å². The van der Waals surface area contributed by atoms with E-state index in [-0.39, 0.29) is 6.29 Å². The van der Waals surface area contributed by atoms with Gasteiger partial charge in [-0.15, -0.1) is 0 Å². The zero-order chi connectivity index (χ0) is 7.82. The first-order valence-corrected chi connectivity index (χ1v) is 5.13. The van der Waals surface area contributed by atoms with Gasteiger partial charge in [0.1, 0.15) is 0 Å². The normalized spacial score (nSPS) is 13.5. The molecule has 62 valence electrons. The first-order valence-electron chi connectivity index (χ1n) is 3.60. The van der Waals surface area contributed by atoms with E-state index in [9.17, 15) is 0 Å². The zero-order valence-corrected chi connectivity index (χ0v) is 8.76. The van der Waals surface area contributed by atoms with Gasteiger partial charge in [0, 0.05) is 11.0 Å². The van der Waals surface area contributed by atoms with Crippen molar-refractivity contribution in [3.8, 4) is 0 Å². The van der Waals surface area contributed by atoms with Gasteiger partial charge in [-0.1, -0.05) is 22.6 Å². The maximum Gasteiger partial charge on any atom is 0.154 e. The van der Waals surface area contributed by atoms with Crippen LogP contribution in [0, 0.1) is 0 Å². The Bertz CT molecular complexity index is 68.6. The molecule has 0 heterocycles. The molecular formula is C7H15IO2. The molecule has 0 radical (unpaired) electrons. The summed E-state index contributed by atoms with van der Waals surface area (Å²) in [5, 5.41) is 0. The summed E-state index contributed by atoms with van der Waals surface area (Å²) in [5.41, 5.74) is 0. The minimum atomic E-state index is -0.0343. The Morgan fingerprint density at radius 2 is 2.10 bits per heavy atom. The quantitative estimate of drug-likeness (QED) is 0.315. The molecule has 1 unspecified atom stereocenters. The lowest BCUT2D eigenvalue weighted by Gasteiger charge is -2.11. The fourth-order valence-electron chi connectivity index (χ4n) is 0.587. The number of alkyl halides is 1. The molecule has 0 aliphatic heterocycles. The van der Waals surface area contributed by atoms with Crippen molar-refractivity contribution in [3.63, 3.8) is 0 Å². The van der Waals surface area contributed by atoms with Crippen molar-refractivity contribution < 1.29 is 9.47 Å². The molecule has 3 heteroatoms. The van der Waals surface area contributed by atoms with Gasteiger partial charge in [0.05, 0.1) is 6.61 Å². The van der Waals surface area contributed by atoms with Gasteiger partial charge in [-0.05, 0) is 20.3 Å². The average molecular weight is 258 g/mol. The molecule has 10 heavy (non-hydrogen) atoms. The van der Waals surface area contributed by atoms with E-state index in [1.165, 1.54) is 0 Å². The molecule has 0 spiro atoms. The Balaban J connectivity index is 2.97. The topological polar surface area (TPSA) is 18.5 Å². The molecule has 0 aromatic carbocycles. The molecule has 0 rings (SSSR count). The number of hydrogen-bond donors (Lipinski definition) is 0. The highest BCUT2D eigenvalue weighted by Crippen LogP contribution is 1.96. The van der Waals surface area contributed by atoms with Crippen molar-refractivity contribution >= 4 is 22.6 Å². The summed E-state index contributed by atoms with van der Waals surface area (Å²) < 4.78 is 11.6. The van der Waals surface area contributed by atoms with Gasteiger partial charge >= 0.3 is 0 Å². The van der Waals surface area contributed by atoms with Crippen molar-refractivity contribution in [2.45, 2.75) is 26.6 Å². The van der Waals surface area contributed by atoms with Gasteiger partial charge < -0.3 is 9.47 Å². The molecule has 0 saturated carbocycles. The molecule has 0 aliphatic rings. The molecule has 0 aliphatic carbocycles. The molecule has 0 bridgehead atoms. The van der Waals surface area contributed by atoms with Crippen molar-refractivity contribution in [1.82, 2.24) is 0 Å². The largest absolute Gasteiger partial charge is 0.353 e. The lowest BCUT2D eigenvalue weighted by Crippen LogP contribution is -2.13. The summed E-state index contributed by atoms with van der Waals surface area (Å²) in [7, 11) is 0. The minimum Gasteiger partial charge on any atom is -0.353 e. The van der Waals surface area contributed by atoms with Gasteiger partial charge in [0.15, 0.2) is 6.29 Å². The van der Waals surface area contributed by atoms with Crippen molar-refractivity contribution in [2.24, 2.45) is 0 Å². The highest BCUT2D eigenvalue weighted by Gasteiger charge is 1.97. The van der Waals surface area contributed by atoms with E-state index in [4.69, 9.17) is 9.47 Å². The standard InChI is InChI=1S/C7H15IO2/c1-3-9-7(2)10-6-4-5-8/h7H,3-6H2,1-2H3. The van der Waals surface area contributed by atoms with Gasteiger partial charge in [0.2, 0.25) is 0 Å². The van der Waals surface area contributed by atoms with E-state index in [0.717, 1.165) is 24.1 Å². The van der Waals surface area contributed by atoms with Gasteiger partial charge in [-0.2, -0.15) is 0 Å². The van der Waals surface area contributed by atoms with Crippen LogP contribution in [0.3, 0.4) is 0 Å². The van der Waals surface area contributed by atoms with Crippen LogP contribution in [0.15, 0.2) is 0 Å². The van der Waals surface area contributed by atoms with Crippen LogP contribution in [0.25, 0.3) is 0 Å². The van der Waals surface area contributed by atoms with E-state index in [0.29, 0.717) is 0 Å². The molecule has 0 aromatic rings. The number of hydrogen-bond acceptors (Lipinski definition) is 2. The van der Waals surface area contributed by atoms with E-state index >= 15 is 0 Å². The Hall–Kier alpha value is 0.650. The number of rotatable bonds is 6. The van der Waals surface area contributed by atoms with E-state index in [1.807, 2.05) is 13.8 Å². The maximum atomic E-state index is 5.30. The van der Waals surface area contributed by atoms with Crippen LogP contribution in [-0.4, -0.2) is 23.9 Å². The second kappa shape index (κ2) is 7.75. The van der Waals surface area contributed by atoms with E-state index < -0.39 is 0 Å². The first-order chi connectivity index (χ1) is 4.81. The van der Waals surface area contributed by atoms with Gasteiger partial charge in [0.25, 0.3) is 0 Å². The average Bonchev–Trinajstić information content (AvgIpc) is 1.89. The lowest BCUT2D eigenvalue weighted by molar-refractivity contribution is -0.126. The third kappa shape index (κ3) is 6.77. The molecule has 0 N–H and O–H groups in total. The van der Waals surface area contributed by atoms with Gasteiger partial charge in [-0.3, -0.25) is 0 Å². The summed E-state index contributed by atoms with van der Waals surface area (Å²) in [4.78, 5) is 0. The Morgan fingerprint density at radius 3 is 2.60 bits per heavy atom. The number of halogens is 1. The summed E-state index contributed by atoms with van der Waals surface area (Å²) in [6.07, 6.45) is 1.07. The monoisotopic (exact) mass is 258 g/mol. The van der Waals surface area contributed by atoms with Crippen LogP contribution in [0.5, 0.6) is 0 Å². The molecule has 0 aromatic heterocycles. The van der Waals surface area contributed by atoms with Crippen molar-refractivity contribution in [1.29, 1.82) is 0 Å². The third-order valence-corrected chi connectivity index (χ3v) is 1.79. The first kappa shape index (κ1) is 10.7. The summed E-state index contributed by atoms with van der Waals surface area (Å²) in [5.74, 6) is 0. The zero-order valence-electron chi connectivity index (χ0n) is 6.60. The second-order valence-electron chi connectivity index (χ2n) is 1.94. The molecule has 0 saturated heterocycles. The predicted molar refractivity (Wildman–Crippen MR) is 50.5 cm³/mol. The molecule has 0 fully saturated rings. The fourth-order valence-corrected chi connectivity index (χ4v) is 0.898. The van der Waals surface area contributed by atoms with Crippen LogP contribution in [0.1, 0.15) is 20.3 Å². The Kier molecular flexibility index (Phi) is 8.26. The molecular weight excluding hydrogens is 243 g/mol. The Morgan fingerprint density at radius 1 is 1.40 bits per heavy atom. The van der Waals surface area contributed by atoms with E-state index in [2.05, 4.69) is 22.6 Å². The highest BCUT2D eigenvalue weighted by atomic mass is 127. The van der Waals surface area contributed by atoms with Crippen molar-refractivity contribution in [3.05, 3.63) is 0 Å². The highest BCUT2D eigenvalue weighted by molar-refractivity contribution is 14.1. The third-order valence-electron chi connectivity index (χ3n) is 1.03. The smallest absolute Gasteiger partial charge is 0.154 e.